The molecule has 0 atom stereocenters. The fourth-order valence-electron chi connectivity index (χ4n) is 1.30. The maximum atomic E-state index is 12.5. The molecule has 2 N–H and O–H groups in total. The number of nitrogens with zero attached hydrogens (tertiary/aromatic N) is 1. The third-order valence-electron chi connectivity index (χ3n) is 2.08. The molecule has 0 spiro atoms. The minimum absolute atomic E-state index is 0.201. The van der Waals surface area contributed by atoms with E-state index in [9.17, 15) is 22.0 Å². The largest absolute Gasteiger partial charge is 0.416 e. The van der Waals surface area contributed by atoms with Gasteiger partial charge in [-0.05, 0) is 18.6 Å². The maximum Gasteiger partial charge on any atom is 0.416 e. The van der Waals surface area contributed by atoms with Crippen molar-refractivity contribution in [3.63, 3.8) is 0 Å². The molecule has 0 aliphatic carbocycles. The van der Waals surface area contributed by atoms with Crippen LogP contribution in [0.15, 0.2) is 6.07 Å². The lowest BCUT2D eigenvalue weighted by Crippen LogP contribution is -2.14. The zero-order chi connectivity index (χ0) is 12.5. The van der Waals surface area contributed by atoms with Crippen molar-refractivity contribution in [2.75, 3.05) is 0 Å². The first-order valence-electron chi connectivity index (χ1n) is 4.33. The number of rotatable bonds is 2. The van der Waals surface area contributed by atoms with Crippen LogP contribution in [0.4, 0.5) is 22.0 Å². The van der Waals surface area contributed by atoms with Crippen LogP contribution in [0.5, 0.6) is 0 Å². The summed E-state index contributed by atoms with van der Waals surface area (Å²) in [4.78, 5) is 3.39. The predicted molar refractivity (Wildman–Crippen MR) is 46.8 cm³/mol. The lowest BCUT2D eigenvalue weighted by Gasteiger charge is -2.14. The van der Waals surface area contributed by atoms with E-state index >= 15 is 0 Å². The van der Waals surface area contributed by atoms with E-state index in [1.165, 1.54) is 0 Å². The highest BCUT2D eigenvalue weighted by atomic mass is 19.4. The summed E-state index contributed by atoms with van der Waals surface area (Å²) in [5, 5.41) is 0. The minimum Gasteiger partial charge on any atom is -0.325 e. The topological polar surface area (TPSA) is 38.9 Å². The number of halogens is 5. The predicted octanol–water partition coefficient (Wildman–Crippen LogP) is 2.81. The Morgan fingerprint density at radius 1 is 1.38 bits per heavy atom. The van der Waals surface area contributed by atoms with E-state index in [1.54, 1.807) is 0 Å². The van der Waals surface area contributed by atoms with Gasteiger partial charge in [0.15, 0.2) is 0 Å². The van der Waals surface area contributed by atoms with Gasteiger partial charge >= 0.3 is 6.18 Å². The zero-order valence-corrected chi connectivity index (χ0v) is 8.28. The number of hydrogen-bond acceptors (Lipinski definition) is 2. The van der Waals surface area contributed by atoms with Crippen molar-refractivity contribution in [3.8, 4) is 0 Å². The highest BCUT2D eigenvalue weighted by molar-refractivity contribution is 5.34. The number of alkyl halides is 5. The highest BCUT2D eigenvalue weighted by Gasteiger charge is 2.35. The smallest absolute Gasteiger partial charge is 0.325 e. The second-order valence-corrected chi connectivity index (χ2v) is 3.17. The van der Waals surface area contributed by atoms with E-state index in [4.69, 9.17) is 5.73 Å². The lowest BCUT2D eigenvalue weighted by atomic mass is 10.1. The molecule has 0 saturated heterocycles. The molecule has 90 valence electrons. The van der Waals surface area contributed by atoms with Crippen molar-refractivity contribution in [1.82, 2.24) is 4.98 Å². The van der Waals surface area contributed by atoms with Crippen molar-refractivity contribution in [2.24, 2.45) is 5.73 Å². The van der Waals surface area contributed by atoms with Crippen LogP contribution < -0.4 is 5.73 Å². The van der Waals surface area contributed by atoms with Gasteiger partial charge in [-0.1, -0.05) is 0 Å². The van der Waals surface area contributed by atoms with Crippen LogP contribution in [-0.4, -0.2) is 4.98 Å². The Kier molecular flexibility index (Phi) is 3.47. The van der Waals surface area contributed by atoms with E-state index in [-0.39, 0.29) is 12.2 Å². The number of pyridine rings is 1. The van der Waals surface area contributed by atoms with Gasteiger partial charge < -0.3 is 5.73 Å². The molecule has 0 unspecified atom stereocenters. The SMILES string of the molecule is Cc1c(C(F)(F)F)cc(CN)nc1C(F)F. The molecule has 0 bridgehead atoms. The molecular formula is C9H9F5N2. The molecule has 0 aliphatic rings. The van der Waals surface area contributed by atoms with Crippen LogP contribution in [0.1, 0.15) is 28.9 Å². The molecule has 1 aromatic rings. The fourth-order valence-corrected chi connectivity index (χ4v) is 1.30. The Morgan fingerprint density at radius 3 is 2.31 bits per heavy atom. The quantitative estimate of drug-likeness (QED) is 0.807. The lowest BCUT2D eigenvalue weighted by molar-refractivity contribution is -0.138. The van der Waals surface area contributed by atoms with Crippen LogP contribution in [-0.2, 0) is 12.7 Å². The molecule has 0 fully saturated rings. The van der Waals surface area contributed by atoms with Gasteiger partial charge in [-0.2, -0.15) is 13.2 Å². The summed E-state index contributed by atoms with van der Waals surface area (Å²) in [6.07, 6.45) is -7.73. The van der Waals surface area contributed by atoms with Gasteiger partial charge in [0.25, 0.3) is 6.43 Å². The van der Waals surface area contributed by atoms with Crippen molar-refractivity contribution in [1.29, 1.82) is 0 Å². The molecule has 16 heavy (non-hydrogen) atoms. The van der Waals surface area contributed by atoms with Gasteiger partial charge in [-0.25, -0.2) is 8.78 Å². The second-order valence-electron chi connectivity index (χ2n) is 3.17. The number of aromatic nitrogens is 1. The molecule has 0 aliphatic heterocycles. The summed E-state index contributed by atoms with van der Waals surface area (Å²) in [5.41, 5.74) is 2.37. The standard InChI is InChI=1S/C9H9F5N2/c1-4-6(9(12,13)14)2-5(3-15)16-7(4)8(10)11/h2,8H,3,15H2,1H3. The van der Waals surface area contributed by atoms with Crippen LogP contribution >= 0.6 is 0 Å². The molecule has 0 saturated carbocycles. The Bertz CT molecular complexity index is 386. The van der Waals surface area contributed by atoms with Crippen molar-refractivity contribution < 1.29 is 22.0 Å². The van der Waals surface area contributed by atoms with Gasteiger partial charge in [-0.3, -0.25) is 4.98 Å². The minimum atomic E-state index is -4.68. The van der Waals surface area contributed by atoms with E-state index < -0.39 is 29.4 Å². The van der Waals surface area contributed by atoms with E-state index in [1.807, 2.05) is 0 Å². The summed E-state index contributed by atoms with van der Waals surface area (Å²) < 4.78 is 62.4. The first-order chi connectivity index (χ1) is 7.27. The first kappa shape index (κ1) is 12.8. The van der Waals surface area contributed by atoms with Crippen LogP contribution in [0.2, 0.25) is 0 Å². The van der Waals surface area contributed by atoms with Gasteiger partial charge in [0, 0.05) is 6.54 Å². The molecule has 1 rings (SSSR count). The summed E-state index contributed by atoms with van der Waals surface area (Å²) in [7, 11) is 0. The molecule has 0 amide bonds. The van der Waals surface area contributed by atoms with Crippen molar-refractivity contribution in [2.45, 2.75) is 26.1 Å². The molecule has 2 nitrogen and oxygen atoms in total. The monoisotopic (exact) mass is 240 g/mol. The van der Waals surface area contributed by atoms with Gasteiger partial charge in [-0.15, -0.1) is 0 Å². The molecule has 0 radical (unpaired) electrons. The van der Waals surface area contributed by atoms with Gasteiger partial charge in [0.05, 0.1) is 11.3 Å². The van der Waals surface area contributed by atoms with Crippen molar-refractivity contribution >= 4 is 0 Å². The maximum absolute atomic E-state index is 12.5. The Morgan fingerprint density at radius 2 is 1.94 bits per heavy atom. The third-order valence-corrected chi connectivity index (χ3v) is 2.08. The molecule has 7 heteroatoms. The summed E-state index contributed by atoms with van der Waals surface area (Å²) in [5.74, 6) is 0. The molecular weight excluding hydrogens is 231 g/mol. The van der Waals surface area contributed by atoms with Gasteiger partial charge in [0.2, 0.25) is 0 Å². The van der Waals surface area contributed by atoms with Crippen LogP contribution in [0.25, 0.3) is 0 Å². The van der Waals surface area contributed by atoms with E-state index in [0.29, 0.717) is 6.07 Å². The van der Waals surface area contributed by atoms with E-state index in [2.05, 4.69) is 4.98 Å². The summed E-state index contributed by atoms with van der Waals surface area (Å²) in [6, 6.07) is 0.696. The van der Waals surface area contributed by atoms with E-state index in [0.717, 1.165) is 6.92 Å². The first-order valence-corrected chi connectivity index (χ1v) is 4.33. The van der Waals surface area contributed by atoms with Crippen LogP contribution in [0.3, 0.4) is 0 Å². The zero-order valence-electron chi connectivity index (χ0n) is 8.28. The Balaban J connectivity index is 3.44. The van der Waals surface area contributed by atoms with Crippen molar-refractivity contribution in [3.05, 3.63) is 28.6 Å². The van der Waals surface area contributed by atoms with Gasteiger partial charge in [0.1, 0.15) is 5.69 Å². The summed E-state index contributed by atoms with van der Waals surface area (Å²) >= 11 is 0. The molecule has 0 aromatic carbocycles. The number of nitrogens with two attached hydrogens (primary N) is 1. The average molecular weight is 240 g/mol. The number of hydrogen-bond donors (Lipinski definition) is 1. The Hall–Kier alpha value is -1.24. The normalized spacial score (nSPS) is 12.2. The Labute approximate surface area is 88.3 Å². The van der Waals surface area contributed by atoms with Crippen LogP contribution in [0, 0.1) is 6.92 Å². The molecule has 1 aromatic heterocycles. The third kappa shape index (κ3) is 2.46. The summed E-state index contributed by atoms with van der Waals surface area (Å²) in [6.45, 7) is 0.653. The average Bonchev–Trinajstić information content (AvgIpc) is 2.15. The molecule has 1 heterocycles. The highest BCUT2D eigenvalue weighted by Crippen LogP contribution is 2.35. The fraction of sp³-hybridized carbons (Fsp3) is 0.444. The second kappa shape index (κ2) is 4.32.